The number of nitrogens with zero attached hydrogens (tertiary/aromatic N) is 4. The van der Waals surface area contributed by atoms with Gasteiger partial charge in [-0.25, -0.2) is 9.37 Å². The summed E-state index contributed by atoms with van der Waals surface area (Å²) in [5.74, 6) is -0.452. The summed E-state index contributed by atoms with van der Waals surface area (Å²) >= 11 is 0. The van der Waals surface area contributed by atoms with Gasteiger partial charge < -0.3 is 10.6 Å². The molecule has 4 aromatic rings. The summed E-state index contributed by atoms with van der Waals surface area (Å²) in [4.78, 5) is 17.6. The third kappa shape index (κ3) is 5.78. The number of nitriles is 1. The van der Waals surface area contributed by atoms with Crippen LogP contribution in [0.5, 0.6) is 0 Å². The number of pyridine rings is 1. The van der Waals surface area contributed by atoms with Crippen molar-refractivity contribution in [1.82, 2.24) is 20.1 Å². The van der Waals surface area contributed by atoms with E-state index in [-0.39, 0.29) is 17.4 Å². The van der Waals surface area contributed by atoms with E-state index in [1.165, 1.54) is 12.1 Å². The van der Waals surface area contributed by atoms with Crippen LogP contribution in [0.25, 0.3) is 11.1 Å². The fourth-order valence-electron chi connectivity index (χ4n) is 3.76. The van der Waals surface area contributed by atoms with Crippen LogP contribution >= 0.6 is 0 Å². The summed E-state index contributed by atoms with van der Waals surface area (Å²) in [6.07, 6.45) is 5.34. The summed E-state index contributed by atoms with van der Waals surface area (Å²) in [5.41, 5.74) is 3.40. The first kappa shape index (κ1) is 23.8. The molecule has 8 heteroatoms. The number of hydrogen-bond acceptors (Lipinski definition) is 5. The summed E-state index contributed by atoms with van der Waals surface area (Å²) in [6.45, 7) is 2.36. The number of anilines is 1. The SMILES string of the molecule is C[C@@H](CNC(C(=O)Nc1ccc(-c2cnn(C)c2)cn1)c1ccccc1)c1ccc(C#N)c(F)c1. The van der Waals surface area contributed by atoms with E-state index in [0.717, 1.165) is 22.3 Å². The number of aromatic nitrogens is 3. The smallest absolute Gasteiger partial charge is 0.247 e. The molecule has 2 aromatic heterocycles. The Morgan fingerprint density at radius 3 is 2.51 bits per heavy atom. The molecule has 1 unspecified atom stereocenters. The van der Waals surface area contributed by atoms with E-state index in [2.05, 4.69) is 20.7 Å². The molecule has 35 heavy (non-hydrogen) atoms. The average Bonchev–Trinajstić information content (AvgIpc) is 3.31. The molecular weight excluding hydrogens is 443 g/mol. The maximum Gasteiger partial charge on any atom is 0.247 e. The Bertz CT molecular complexity index is 1340. The average molecular weight is 469 g/mol. The fraction of sp³-hybridized carbons (Fsp3) is 0.185. The first-order chi connectivity index (χ1) is 16.9. The molecule has 0 aliphatic carbocycles. The standard InChI is InChI=1S/C27H25FN6O/c1-18(20-8-9-21(13-29)24(28)12-20)14-31-26(19-6-4-3-5-7-19)27(35)33-25-11-10-22(15-30-25)23-16-32-34(2)17-23/h3-12,15-18,26,31H,14H2,1-2H3,(H,30,33,35)/t18-,26?/m0/s1. The largest absolute Gasteiger partial charge is 0.309 e. The second-order valence-electron chi connectivity index (χ2n) is 8.33. The molecule has 0 bridgehead atoms. The topological polar surface area (TPSA) is 95.6 Å². The van der Waals surface area contributed by atoms with E-state index >= 15 is 0 Å². The van der Waals surface area contributed by atoms with E-state index in [0.29, 0.717) is 12.4 Å². The van der Waals surface area contributed by atoms with Gasteiger partial charge in [0.25, 0.3) is 0 Å². The van der Waals surface area contributed by atoms with Gasteiger partial charge in [-0.15, -0.1) is 0 Å². The van der Waals surface area contributed by atoms with Gasteiger partial charge in [0.05, 0.1) is 11.8 Å². The van der Waals surface area contributed by atoms with Gasteiger partial charge in [0.2, 0.25) is 5.91 Å². The molecule has 0 spiro atoms. The molecule has 7 nitrogen and oxygen atoms in total. The summed E-state index contributed by atoms with van der Waals surface area (Å²) in [6, 6.07) is 18.8. The highest BCUT2D eigenvalue weighted by atomic mass is 19.1. The van der Waals surface area contributed by atoms with Crippen LogP contribution in [0.3, 0.4) is 0 Å². The van der Waals surface area contributed by atoms with Gasteiger partial charge in [0, 0.05) is 37.1 Å². The molecule has 2 aromatic carbocycles. The summed E-state index contributed by atoms with van der Waals surface area (Å²) in [7, 11) is 1.85. The highest BCUT2D eigenvalue weighted by Crippen LogP contribution is 2.22. The Balaban J connectivity index is 1.47. The van der Waals surface area contributed by atoms with E-state index in [4.69, 9.17) is 5.26 Å². The maximum absolute atomic E-state index is 14.1. The maximum atomic E-state index is 14.1. The van der Waals surface area contributed by atoms with Crippen molar-refractivity contribution in [3.8, 4) is 17.2 Å². The molecule has 176 valence electrons. The lowest BCUT2D eigenvalue weighted by Gasteiger charge is -2.21. The number of amides is 1. The van der Waals surface area contributed by atoms with Gasteiger partial charge in [-0.05, 0) is 41.3 Å². The normalized spacial score (nSPS) is 12.5. The lowest BCUT2D eigenvalue weighted by Crippen LogP contribution is -2.35. The van der Waals surface area contributed by atoms with Crippen molar-refractivity contribution in [1.29, 1.82) is 5.26 Å². The predicted octanol–water partition coefficient (Wildman–Crippen LogP) is 4.57. The molecule has 0 saturated carbocycles. The van der Waals surface area contributed by atoms with E-state index in [1.54, 1.807) is 29.2 Å². The van der Waals surface area contributed by atoms with Gasteiger partial charge in [-0.1, -0.05) is 43.3 Å². The van der Waals surface area contributed by atoms with Crippen molar-refractivity contribution in [3.63, 3.8) is 0 Å². The zero-order chi connectivity index (χ0) is 24.8. The van der Waals surface area contributed by atoms with Crippen LogP contribution < -0.4 is 10.6 Å². The van der Waals surface area contributed by atoms with E-state index in [1.807, 2.05) is 62.6 Å². The van der Waals surface area contributed by atoms with Gasteiger partial charge in [-0.2, -0.15) is 10.4 Å². The lowest BCUT2D eigenvalue weighted by molar-refractivity contribution is -0.118. The van der Waals surface area contributed by atoms with Crippen LogP contribution in [-0.2, 0) is 11.8 Å². The molecule has 2 N–H and O–H groups in total. The molecule has 0 aliphatic rings. The second-order valence-corrected chi connectivity index (χ2v) is 8.33. The van der Waals surface area contributed by atoms with Crippen LogP contribution in [0, 0.1) is 17.1 Å². The van der Waals surface area contributed by atoms with Crippen LogP contribution in [0.1, 0.15) is 35.6 Å². The number of aryl methyl sites for hydroxylation is 1. The molecule has 0 aliphatic heterocycles. The zero-order valence-corrected chi connectivity index (χ0v) is 19.4. The van der Waals surface area contributed by atoms with Gasteiger partial charge in [0.15, 0.2) is 0 Å². The highest BCUT2D eigenvalue weighted by Gasteiger charge is 2.22. The fourth-order valence-corrected chi connectivity index (χ4v) is 3.76. The second kappa shape index (κ2) is 10.7. The van der Waals surface area contributed by atoms with Gasteiger partial charge >= 0.3 is 0 Å². The Morgan fingerprint density at radius 2 is 1.89 bits per heavy atom. The van der Waals surface area contributed by atoms with Gasteiger partial charge in [-0.3, -0.25) is 9.48 Å². The minimum Gasteiger partial charge on any atom is -0.309 e. The van der Waals surface area contributed by atoms with Crippen molar-refractivity contribution in [2.75, 3.05) is 11.9 Å². The highest BCUT2D eigenvalue weighted by molar-refractivity contribution is 5.95. The lowest BCUT2D eigenvalue weighted by atomic mass is 9.98. The number of benzene rings is 2. The van der Waals surface area contributed by atoms with Crippen LogP contribution in [0.2, 0.25) is 0 Å². The predicted molar refractivity (Wildman–Crippen MR) is 132 cm³/mol. The van der Waals surface area contributed by atoms with Gasteiger partial charge in [0.1, 0.15) is 23.7 Å². The Labute approximate surface area is 203 Å². The third-order valence-electron chi connectivity index (χ3n) is 5.76. The monoisotopic (exact) mass is 468 g/mol. The van der Waals surface area contributed by atoms with Crippen LogP contribution in [0.15, 0.2) is 79.3 Å². The summed E-state index contributed by atoms with van der Waals surface area (Å²) < 4.78 is 15.8. The molecule has 0 fully saturated rings. The van der Waals surface area contributed by atoms with Crippen molar-refractivity contribution in [2.45, 2.75) is 18.9 Å². The van der Waals surface area contributed by atoms with Crippen molar-refractivity contribution < 1.29 is 9.18 Å². The van der Waals surface area contributed by atoms with Crippen molar-refractivity contribution in [2.24, 2.45) is 7.05 Å². The summed E-state index contributed by atoms with van der Waals surface area (Å²) in [5, 5.41) is 19.3. The van der Waals surface area contributed by atoms with Crippen molar-refractivity contribution in [3.05, 3.63) is 102 Å². The van der Waals surface area contributed by atoms with E-state index in [9.17, 15) is 9.18 Å². The third-order valence-corrected chi connectivity index (χ3v) is 5.76. The van der Waals surface area contributed by atoms with Crippen LogP contribution in [0.4, 0.5) is 10.2 Å². The first-order valence-corrected chi connectivity index (χ1v) is 11.2. The Kier molecular flexibility index (Phi) is 7.29. The number of carbonyl (C=O) groups excluding carboxylic acids is 1. The number of halogens is 1. The number of hydrogen-bond donors (Lipinski definition) is 2. The minimum atomic E-state index is -0.637. The van der Waals surface area contributed by atoms with Crippen molar-refractivity contribution >= 4 is 11.7 Å². The number of carbonyl (C=O) groups is 1. The Morgan fingerprint density at radius 1 is 1.09 bits per heavy atom. The molecule has 0 radical (unpaired) electrons. The zero-order valence-electron chi connectivity index (χ0n) is 19.4. The number of nitrogens with one attached hydrogen (secondary N) is 2. The number of rotatable bonds is 8. The quantitative estimate of drug-likeness (QED) is 0.395. The molecule has 0 saturated heterocycles. The Hall–Kier alpha value is -4.35. The molecular formula is C27H25FN6O. The first-order valence-electron chi connectivity index (χ1n) is 11.2. The van der Waals surface area contributed by atoms with Crippen LogP contribution in [-0.4, -0.2) is 27.2 Å². The molecule has 1 amide bonds. The van der Waals surface area contributed by atoms with E-state index < -0.39 is 11.9 Å². The minimum absolute atomic E-state index is 0.0116. The molecule has 4 rings (SSSR count). The molecule has 2 atom stereocenters. The molecule has 2 heterocycles.